The van der Waals surface area contributed by atoms with Crippen molar-refractivity contribution in [3.8, 4) is 0 Å². The van der Waals surface area contributed by atoms with Crippen LogP contribution in [0.25, 0.3) is 0 Å². The summed E-state index contributed by atoms with van der Waals surface area (Å²) in [6, 6.07) is 7.33. The fourth-order valence-corrected chi connectivity index (χ4v) is 3.06. The van der Waals surface area contributed by atoms with E-state index in [1.54, 1.807) is 6.07 Å². The Morgan fingerprint density at radius 1 is 1.33 bits per heavy atom. The Labute approximate surface area is 120 Å². The summed E-state index contributed by atoms with van der Waals surface area (Å²) in [5.41, 5.74) is 5.91. The Morgan fingerprint density at radius 2 is 1.94 bits per heavy atom. The van der Waals surface area contributed by atoms with Crippen LogP contribution in [0, 0.1) is 0 Å². The number of benzene rings is 1. The van der Waals surface area contributed by atoms with Crippen LogP contribution in [0.4, 0.5) is 0 Å². The molecule has 0 atom stereocenters. The predicted octanol–water partition coefficient (Wildman–Crippen LogP) is 2.78. The van der Waals surface area contributed by atoms with Crippen molar-refractivity contribution in [2.24, 2.45) is 5.73 Å². The van der Waals surface area contributed by atoms with Crippen molar-refractivity contribution in [3.05, 3.63) is 34.3 Å². The number of amides is 1. The van der Waals surface area contributed by atoms with E-state index in [-0.39, 0.29) is 5.91 Å². The van der Waals surface area contributed by atoms with Gasteiger partial charge in [-0.3, -0.25) is 4.79 Å². The van der Waals surface area contributed by atoms with Gasteiger partial charge in [-0.2, -0.15) is 0 Å². The van der Waals surface area contributed by atoms with Crippen molar-refractivity contribution in [3.63, 3.8) is 0 Å². The van der Waals surface area contributed by atoms with Gasteiger partial charge in [0.25, 0.3) is 5.91 Å². The predicted molar refractivity (Wildman–Crippen MR) is 79.6 cm³/mol. The zero-order valence-corrected chi connectivity index (χ0v) is 12.3. The van der Waals surface area contributed by atoms with Crippen molar-refractivity contribution in [1.82, 2.24) is 5.32 Å². The summed E-state index contributed by atoms with van der Waals surface area (Å²) in [7, 11) is 0. The maximum Gasteiger partial charge on any atom is 0.253 e. The third-order valence-electron chi connectivity index (χ3n) is 3.40. The van der Waals surface area contributed by atoms with Crippen LogP contribution in [-0.4, -0.2) is 16.4 Å². The van der Waals surface area contributed by atoms with E-state index in [9.17, 15) is 4.79 Å². The second kappa shape index (κ2) is 5.36. The number of carbonyl (C=O) groups is 1. The van der Waals surface area contributed by atoms with Crippen molar-refractivity contribution >= 4 is 39.0 Å². The standard InChI is InChI=1S/C13H15BrN2OS/c14-10-6-2-1-5-9(10)11(17)16-13(12(15)18)7-3-4-8-13/h1-2,5-6H,3-4,7-8H2,(H2,15,18)(H,16,17). The summed E-state index contributed by atoms with van der Waals surface area (Å²) >= 11 is 8.50. The first-order valence-corrected chi connectivity index (χ1v) is 7.12. The van der Waals surface area contributed by atoms with Gasteiger partial charge in [0.05, 0.1) is 16.1 Å². The molecule has 1 fully saturated rings. The monoisotopic (exact) mass is 326 g/mol. The summed E-state index contributed by atoms with van der Waals surface area (Å²) < 4.78 is 0.776. The minimum atomic E-state index is -0.498. The fourth-order valence-electron chi connectivity index (χ4n) is 2.34. The normalized spacial score (nSPS) is 17.4. The Kier molecular flexibility index (Phi) is 4.02. The first-order chi connectivity index (χ1) is 8.55. The summed E-state index contributed by atoms with van der Waals surface area (Å²) in [5, 5.41) is 3.01. The Morgan fingerprint density at radius 3 is 2.50 bits per heavy atom. The third-order valence-corrected chi connectivity index (χ3v) is 4.48. The van der Waals surface area contributed by atoms with Gasteiger partial charge in [0, 0.05) is 4.47 Å². The second-order valence-electron chi connectivity index (χ2n) is 4.59. The molecule has 96 valence electrons. The molecule has 1 saturated carbocycles. The highest BCUT2D eigenvalue weighted by Crippen LogP contribution is 2.30. The second-order valence-corrected chi connectivity index (χ2v) is 5.88. The van der Waals surface area contributed by atoms with Crippen LogP contribution in [0.5, 0.6) is 0 Å². The van der Waals surface area contributed by atoms with E-state index < -0.39 is 5.54 Å². The number of rotatable bonds is 3. The van der Waals surface area contributed by atoms with Crippen LogP contribution in [0.1, 0.15) is 36.0 Å². The average molecular weight is 327 g/mol. The topological polar surface area (TPSA) is 55.1 Å². The van der Waals surface area contributed by atoms with Gasteiger partial charge in [0.1, 0.15) is 0 Å². The number of hydrogen-bond acceptors (Lipinski definition) is 2. The Bertz CT molecular complexity index is 484. The van der Waals surface area contributed by atoms with Gasteiger partial charge in [-0.15, -0.1) is 0 Å². The molecule has 1 aromatic rings. The zero-order valence-electron chi connectivity index (χ0n) is 9.91. The molecule has 3 nitrogen and oxygen atoms in total. The molecule has 0 unspecified atom stereocenters. The molecule has 0 aliphatic heterocycles. The SMILES string of the molecule is NC(=S)C1(NC(=O)c2ccccc2Br)CCCC1. The minimum absolute atomic E-state index is 0.128. The number of nitrogens with one attached hydrogen (secondary N) is 1. The highest BCUT2D eigenvalue weighted by Gasteiger charge is 2.38. The van der Waals surface area contributed by atoms with Crippen LogP contribution in [0.3, 0.4) is 0 Å². The highest BCUT2D eigenvalue weighted by molar-refractivity contribution is 9.10. The molecule has 5 heteroatoms. The molecule has 3 N–H and O–H groups in total. The van der Waals surface area contributed by atoms with E-state index in [4.69, 9.17) is 18.0 Å². The molecular formula is C13H15BrN2OS. The first-order valence-electron chi connectivity index (χ1n) is 5.92. The van der Waals surface area contributed by atoms with E-state index in [1.807, 2.05) is 18.2 Å². The summed E-state index contributed by atoms with van der Waals surface area (Å²) in [6.45, 7) is 0. The van der Waals surface area contributed by atoms with Crippen LogP contribution in [0.15, 0.2) is 28.7 Å². The number of carbonyl (C=O) groups excluding carboxylic acids is 1. The van der Waals surface area contributed by atoms with Gasteiger partial charge in [0.2, 0.25) is 0 Å². The van der Waals surface area contributed by atoms with Crippen LogP contribution in [0.2, 0.25) is 0 Å². The summed E-state index contributed by atoms with van der Waals surface area (Å²) in [5.74, 6) is -0.128. The van der Waals surface area contributed by atoms with Crippen molar-refractivity contribution in [1.29, 1.82) is 0 Å². The number of halogens is 1. The molecule has 18 heavy (non-hydrogen) atoms. The largest absolute Gasteiger partial charge is 0.391 e. The molecule has 1 aliphatic carbocycles. The fraction of sp³-hybridized carbons (Fsp3) is 0.385. The van der Waals surface area contributed by atoms with Crippen LogP contribution >= 0.6 is 28.1 Å². The molecular weight excluding hydrogens is 312 g/mol. The average Bonchev–Trinajstić information content (AvgIpc) is 2.79. The molecule has 0 spiro atoms. The lowest BCUT2D eigenvalue weighted by molar-refractivity contribution is 0.0923. The lowest BCUT2D eigenvalue weighted by Crippen LogP contribution is -2.54. The van der Waals surface area contributed by atoms with Gasteiger partial charge in [0.15, 0.2) is 0 Å². The van der Waals surface area contributed by atoms with Crippen molar-refractivity contribution in [2.75, 3.05) is 0 Å². The van der Waals surface area contributed by atoms with Gasteiger partial charge in [-0.1, -0.05) is 37.2 Å². The van der Waals surface area contributed by atoms with Crippen molar-refractivity contribution < 1.29 is 4.79 Å². The van der Waals surface area contributed by atoms with Crippen LogP contribution in [-0.2, 0) is 0 Å². The molecule has 1 aliphatic rings. The third kappa shape index (κ3) is 2.57. The van der Waals surface area contributed by atoms with Crippen LogP contribution < -0.4 is 11.1 Å². The molecule has 2 rings (SSSR count). The van der Waals surface area contributed by atoms with E-state index in [0.29, 0.717) is 10.6 Å². The van der Waals surface area contributed by atoms with E-state index in [2.05, 4.69) is 21.2 Å². The highest BCUT2D eigenvalue weighted by atomic mass is 79.9. The Hall–Kier alpha value is -0.940. The quantitative estimate of drug-likeness (QED) is 0.840. The van der Waals surface area contributed by atoms with E-state index in [0.717, 1.165) is 30.2 Å². The number of thiocarbonyl (C=S) groups is 1. The maximum atomic E-state index is 12.3. The van der Waals surface area contributed by atoms with Gasteiger partial charge in [-0.05, 0) is 40.9 Å². The maximum absolute atomic E-state index is 12.3. The molecule has 0 heterocycles. The van der Waals surface area contributed by atoms with Crippen molar-refractivity contribution in [2.45, 2.75) is 31.2 Å². The minimum Gasteiger partial charge on any atom is -0.391 e. The lowest BCUT2D eigenvalue weighted by atomic mass is 9.97. The van der Waals surface area contributed by atoms with Gasteiger partial charge in [-0.25, -0.2) is 0 Å². The van der Waals surface area contributed by atoms with Gasteiger partial charge >= 0.3 is 0 Å². The molecule has 1 amide bonds. The zero-order chi connectivity index (χ0) is 13.2. The molecule has 1 aromatic carbocycles. The van der Waals surface area contributed by atoms with Gasteiger partial charge < -0.3 is 11.1 Å². The molecule has 0 aromatic heterocycles. The lowest BCUT2D eigenvalue weighted by Gasteiger charge is -2.29. The summed E-state index contributed by atoms with van der Waals surface area (Å²) in [6.07, 6.45) is 3.76. The summed E-state index contributed by atoms with van der Waals surface area (Å²) in [4.78, 5) is 12.7. The number of hydrogen-bond donors (Lipinski definition) is 2. The number of nitrogens with two attached hydrogens (primary N) is 1. The molecule has 0 bridgehead atoms. The van der Waals surface area contributed by atoms with E-state index >= 15 is 0 Å². The smallest absolute Gasteiger partial charge is 0.253 e. The Balaban J connectivity index is 2.21. The van der Waals surface area contributed by atoms with E-state index in [1.165, 1.54) is 0 Å². The molecule has 0 radical (unpaired) electrons. The first kappa shape index (κ1) is 13.5. The molecule has 0 saturated heterocycles.